The lowest BCUT2D eigenvalue weighted by Crippen LogP contribution is -2.57. The van der Waals surface area contributed by atoms with Crippen LogP contribution in [-0.2, 0) is 14.4 Å². The highest BCUT2D eigenvalue weighted by atomic mass is 16.4. The molecule has 3 N–H and O–H groups in total. The van der Waals surface area contributed by atoms with E-state index in [9.17, 15) is 14.4 Å². The number of rotatable bonds is 26. The smallest absolute Gasteiger partial charge is 0.359 e. The van der Waals surface area contributed by atoms with Gasteiger partial charge in [0.25, 0.3) is 0 Å². The van der Waals surface area contributed by atoms with Crippen molar-refractivity contribution in [3.63, 3.8) is 0 Å². The van der Waals surface area contributed by atoms with Crippen molar-refractivity contribution in [3.05, 3.63) is 12.2 Å². The Morgan fingerprint density at radius 2 is 0.829 bits per heavy atom. The topological polar surface area (TPSA) is 112 Å². The second-order valence-electron chi connectivity index (χ2n) is 10.0. The van der Waals surface area contributed by atoms with Gasteiger partial charge in [0, 0.05) is 0 Å². The molecule has 204 valence electrons. The zero-order valence-corrected chi connectivity index (χ0v) is 22.2. The minimum absolute atomic E-state index is 0.265. The van der Waals surface area contributed by atoms with Gasteiger partial charge in [0.1, 0.15) is 0 Å². The molecule has 0 aliphatic rings. The number of carbonyl (C=O) groups is 3. The summed E-state index contributed by atoms with van der Waals surface area (Å²) in [6, 6.07) is 0. The molecule has 7 heteroatoms. The molecule has 0 amide bonds. The first-order valence-electron chi connectivity index (χ1n) is 14.0. The zero-order chi connectivity index (χ0) is 26.2. The van der Waals surface area contributed by atoms with E-state index in [1.165, 1.54) is 83.5 Å². The first-order chi connectivity index (χ1) is 16.8. The second-order valence-corrected chi connectivity index (χ2v) is 10.0. The highest BCUT2D eigenvalue weighted by Gasteiger charge is 2.35. The number of aliphatic carboxylic acids is 3. The number of allylic oxidation sites excluding steroid dienone is 2. The highest BCUT2D eigenvalue weighted by molar-refractivity contribution is 5.73. The van der Waals surface area contributed by atoms with Gasteiger partial charge in [-0.25, -0.2) is 14.4 Å². The van der Waals surface area contributed by atoms with Crippen LogP contribution in [-0.4, -0.2) is 63.9 Å². The number of unbranched alkanes of at least 4 members (excludes halogenated alkanes) is 16. The third kappa shape index (κ3) is 22.3. The fourth-order valence-corrected chi connectivity index (χ4v) is 4.73. The maximum atomic E-state index is 11.2. The summed E-state index contributed by atoms with van der Waals surface area (Å²) in [7, 11) is 0. The van der Waals surface area contributed by atoms with Crippen molar-refractivity contribution in [2.45, 2.75) is 122 Å². The summed E-state index contributed by atoms with van der Waals surface area (Å²) in [5.74, 6) is -3.50. The molecule has 0 rings (SSSR count). The molecule has 0 aromatic carbocycles. The van der Waals surface area contributed by atoms with Gasteiger partial charge in [-0.15, -0.1) is 0 Å². The fraction of sp³-hybridized carbons (Fsp3) is 0.821. The van der Waals surface area contributed by atoms with Crippen LogP contribution in [0.5, 0.6) is 0 Å². The Hall–Kier alpha value is -1.89. The minimum Gasteiger partial charge on any atom is -0.477 e. The van der Waals surface area contributed by atoms with Crippen molar-refractivity contribution in [1.29, 1.82) is 0 Å². The van der Waals surface area contributed by atoms with Crippen molar-refractivity contribution < 1.29 is 34.2 Å². The number of carboxylic acid groups (broad SMARTS) is 3. The second kappa shape index (κ2) is 22.6. The van der Waals surface area contributed by atoms with Crippen LogP contribution >= 0.6 is 0 Å². The predicted molar refractivity (Wildman–Crippen MR) is 141 cm³/mol. The lowest BCUT2D eigenvalue weighted by atomic mass is 10.0. The van der Waals surface area contributed by atoms with E-state index in [1.54, 1.807) is 0 Å². The van der Waals surface area contributed by atoms with Crippen LogP contribution in [0, 0.1) is 0 Å². The molecule has 0 fully saturated rings. The Bertz CT molecular complexity index is 549. The molecule has 0 saturated carbocycles. The Balaban J connectivity index is 3.68. The molecule has 35 heavy (non-hydrogen) atoms. The zero-order valence-electron chi connectivity index (χ0n) is 22.2. The maximum Gasteiger partial charge on any atom is 0.359 e. The first kappa shape index (κ1) is 33.1. The largest absolute Gasteiger partial charge is 0.477 e. The van der Waals surface area contributed by atoms with Crippen LogP contribution in [0.4, 0.5) is 0 Å². The van der Waals surface area contributed by atoms with Crippen molar-refractivity contribution in [2.75, 3.05) is 26.2 Å². The lowest BCUT2D eigenvalue weighted by Gasteiger charge is -2.34. The number of quaternary nitrogens is 1. The van der Waals surface area contributed by atoms with E-state index in [0.717, 1.165) is 25.7 Å². The predicted octanol–water partition coefficient (Wildman–Crippen LogP) is 6.65. The van der Waals surface area contributed by atoms with Gasteiger partial charge < -0.3 is 15.3 Å². The van der Waals surface area contributed by atoms with Crippen molar-refractivity contribution in [1.82, 2.24) is 0 Å². The number of carboxylic acids is 3. The standard InChI is InChI=1S/C28H51NO6/c1-2-3-4-5-6-7-8-9-10-11-12-13-14-15-16-17-18-19-20-21-22-29(23-26(30)31,24-27(32)33)25-28(34)35/h3-4H,2,5-25H2,1H3,(H2-,30,31,32,33,34,35)/p+1/b4-3+. The van der Waals surface area contributed by atoms with Gasteiger partial charge in [-0.3, -0.25) is 4.48 Å². The third-order valence-electron chi connectivity index (χ3n) is 6.57. The molecule has 7 nitrogen and oxygen atoms in total. The molecule has 0 aromatic rings. The quantitative estimate of drug-likeness (QED) is 0.0699. The van der Waals surface area contributed by atoms with Gasteiger partial charge in [0.2, 0.25) is 0 Å². The van der Waals surface area contributed by atoms with Gasteiger partial charge in [0.05, 0.1) is 6.54 Å². The maximum absolute atomic E-state index is 11.2. The highest BCUT2D eigenvalue weighted by Crippen LogP contribution is 2.16. The SMILES string of the molecule is CC/C=C/CCCCCCCCCCCCCCCCCC[N+](CC(=O)O)(CC(=O)O)CC(=O)O. The van der Waals surface area contributed by atoms with Crippen LogP contribution < -0.4 is 0 Å². The molecule has 0 aliphatic heterocycles. The molecular formula is C28H52NO6+. The Kier molecular flexibility index (Phi) is 21.3. The van der Waals surface area contributed by atoms with Gasteiger partial charge >= 0.3 is 17.9 Å². The summed E-state index contributed by atoms with van der Waals surface area (Å²) in [5, 5.41) is 27.4. The number of hydrogen-bond donors (Lipinski definition) is 3. The lowest BCUT2D eigenvalue weighted by molar-refractivity contribution is -0.907. The van der Waals surface area contributed by atoms with Crippen molar-refractivity contribution in [2.24, 2.45) is 0 Å². The average Bonchev–Trinajstić information content (AvgIpc) is 2.76. The molecule has 0 unspecified atom stereocenters. The fourth-order valence-electron chi connectivity index (χ4n) is 4.73. The molecule has 0 aliphatic carbocycles. The van der Waals surface area contributed by atoms with E-state index in [4.69, 9.17) is 15.3 Å². The van der Waals surface area contributed by atoms with E-state index in [0.29, 0.717) is 6.42 Å². The van der Waals surface area contributed by atoms with Crippen LogP contribution in [0.2, 0.25) is 0 Å². The first-order valence-corrected chi connectivity index (χ1v) is 14.0. The Labute approximate surface area is 213 Å². The molecule has 0 saturated heterocycles. The summed E-state index contributed by atoms with van der Waals surface area (Å²) in [6.45, 7) is 1.01. The van der Waals surface area contributed by atoms with Crippen LogP contribution in [0.25, 0.3) is 0 Å². The van der Waals surface area contributed by atoms with E-state index in [-0.39, 0.29) is 6.54 Å². The molecule has 0 atom stereocenters. The van der Waals surface area contributed by atoms with E-state index in [2.05, 4.69) is 19.1 Å². The minimum atomic E-state index is -1.17. The van der Waals surface area contributed by atoms with Crippen molar-refractivity contribution in [3.8, 4) is 0 Å². The molecule has 0 bridgehead atoms. The van der Waals surface area contributed by atoms with Gasteiger partial charge in [0.15, 0.2) is 19.6 Å². The van der Waals surface area contributed by atoms with Crippen LogP contribution in [0.1, 0.15) is 122 Å². The summed E-state index contributed by atoms with van der Waals surface area (Å²) in [4.78, 5) is 33.6. The monoisotopic (exact) mass is 498 g/mol. The third-order valence-corrected chi connectivity index (χ3v) is 6.57. The van der Waals surface area contributed by atoms with Crippen molar-refractivity contribution >= 4 is 17.9 Å². The number of hydrogen-bond acceptors (Lipinski definition) is 3. The van der Waals surface area contributed by atoms with E-state index in [1.807, 2.05) is 0 Å². The van der Waals surface area contributed by atoms with Gasteiger partial charge in [-0.2, -0.15) is 0 Å². The average molecular weight is 499 g/mol. The Morgan fingerprint density at radius 1 is 0.514 bits per heavy atom. The summed E-state index contributed by atoms with van der Waals surface area (Å²) in [5.41, 5.74) is 0. The summed E-state index contributed by atoms with van der Waals surface area (Å²) >= 11 is 0. The Morgan fingerprint density at radius 3 is 1.14 bits per heavy atom. The number of nitrogens with zero attached hydrogens (tertiary/aromatic N) is 1. The van der Waals surface area contributed by atoms with Gasteiger partial charge in [-0.1, -0.05) is 103 Å². The van der Waals surface area contributed by atoms with E-state index < -0.39 is 42.0 Å². The molecular weight excluding hydrogens is 446 g/mol. The summed E-state index contributed by atoms with van der Waals surface area (Å²) < 4.78 is -0.434. The molecule has 0 radical (unpaired) electrons. The summed E-state index contributed by atoms with van der Waals surface area (Å²) in [6.07, 6.45) is 26.5. The molecule has 0 aromatic heterocycles. The molecule has 0 heterocycles. The van der Waals surface area contributed by atoms with Gasteiger partial charge in [-0.05, 0) is 32.1 Å². The molecule has 0 spiro atoms. The van der Waals surface area contributed by atoms with Crippen LogP contribution in [0.3, 0.4) is 0 Å². The van der Waals surface area contributed by atoms with E-state index >= 15 is 0 Å². The van der Waals surface area contributed by atoms with Crippen LogP contribution in [0.15, 0.2) is 12.2 Å². The normalized spacial score (nSPS) is 11.8.